The Balaban J connectivity index is 2.08. The SMILES string of the molecule is CN(C)CCn1ncc(NCc2ccco2)c(Cl)c1=O. The first-order chi connectivity index (χ1) is 9.58. The van der Waals surface area contributed by atoms with E-state index in [1.165, 1.54) is 4.68 Å². The summed E-state index contributed by atoms with van der Waals surface area (Å²) in [7, 11) is 3.87. The number of likely N-dealkylation sites (N-methyl/N-ethyl adjacent to an activating group) is 1. The number of rotatable bonds is 6. The maximum atomic E-state index is 12.0. The van der Waals surface area contributed by atoms with Gasteiger partial charge in [-0.3, -0.25) is 4.79 Å². The minimum absolute atomic E-state index is 0.144. The van der Waals surface area contributed by atoms with Crippen LogP contribution in [-0.4, -0.2) is 35.3 Å². The molecule has 1 N–H and O–H groups in total. The predicted molar refractivity (Wildman–Crippen MR) is 78.1 cm³/mol. The number of anilines is 1. The van der Waals surface area contributed by atoms with Crippen LogP contribution in [-0.2, 0) is 13.1 Å². The second kappa shape index (κ2) is 6.58. The molecule has 7 heteroatoms. The summed E-state index contributed by atoms with van der Waals surface area (Å²) in [5, 5.41) is 7.29. The standard InChI is InChI=1S/C13H17ClN4O2/c1-17(2)5-6-18-13(19)12(14)11(9-16-18)15-8-10-4-3-7-20-10/h3-4,7,9,15H,5-6,8H2,1-2H3. The molecule has 2 aromatic heterocycles. The molecule has 0 bridgehead atoms. The van der Waals surface area contributed by atoms with Crippen molar-refractivity contribution in [1.29, 1.82) is 0 Å². The summed E-state index contributed by atoms with van der Waals surface area (Å²) in [5.41, 5.74) is 0.215. The second-order valence-electron chi connectivity index (χ2n) is 4.64. The lowest BCUT2D eigenvalue weighted by Crippen LogP contribution is -2.29. The summed E-state index contributed by atoms with van der Waals surface area (Å²) in [6, 6.07) is 3.64. The van der Waals surface area contributed by atoms with Crippen LogP contribution in [0, 0.1) is 0 Å². The van der Waals surface area contributed by atoms with Crippen molar-refractivity contribution in [3.63, 3.8) is 0 Å². The molecule has 0 radical (unpaired) electrons. The summed E-state index contributed by atoms with van der Waals surface area (Å²) < 4.78 is 6.56. The van der Waals surface area contributed by atoms with Gasteiger partial charge in [0.2, 0.25) is 0 Å². The van der Waals surface area contributed by atoms with E-state index in [9.17, 15) is 4.79 Å². The number of aromatic nitrogens is 2. The maximum absolute atomic E-state index is 12.0. The third-order valence-electron chi connectivity index (χ3n) is 2.78. The molecule has 0 saturated carbocycles. The molecule has 0 atom stereocenters. The lowest BCUT2D eigenvalue weighted by molar-refractivity contribution is 0.367. The van der Waals surface area contributed by atoms with Crippen molar-refractivity contribution in [3.05, 3.63) is 45.7 Å². The van der Waals surface area contributed by atoms with E-state index in [4.69, 9.17) is 16.0 Å². The minimum Gasteiger partial charge on any atom is -0.467 e. The zero-order valence-corrected chi connectivity index (χ0v) is 12.2. The quantitative estimate of drug-likeness (QED) is 0.878. The van der Waals surface area contributed by atoms with Gasteiger partial charge in [0, 0.05) is 6.54 Å². The highest BCUT2D eigenvalue weighted by atomic mass is 35.5. The highest BCUT2D eigenvalue weighted by molar-refractivity contribution is 6.32. The van der Waals surface area contributed by atoms with Gasteiger partial charge in [-0.15, -0.1) is 0 Å². The topological polar surface area (TPSA) is 63.3 Å². The van der Waals surface area contributed by atoms with Crippen LogP contribution >= 0.6 is 11.6 Å². The van der Waals surface area contributed by atoms with E-state index in [2.05, 4.69) is 10.4 Å². The molecule has 6 nitrogen and oxygen atoms in total. The molecule has 2 rings (SSSR count). The van der Waals surface area contributed by atoms with Gasteiger partial charge in [0.15, 0.2) is 0 Å². The average Bonchev–Trinajstić information content (AvgIpc) is 2.92. The van der Waals surface area contributed by atoms with E-state index in [-0.39, 0.29) is 10.6 Å². The van der Waals surface area contributed by atoms with Crippen molar-refractivity contribution in [3.8, 4) is 0 Å². The summed E-state index contributed by atoms with van der Waals surface area (Å²) in [6.07, 6.45) is 3.15. The number of furan rings is 1. The lowest BCUT2D eigenvalue weighted by atomic mass is 10.4. The van der Waals surface area contributed by atoms with Crippen molar-refractivity contribution >= 4 is 17.3 Å². The van der Waals surface area contributed by atoms with E-state index < -0.39 is 0 Å². The number of hydrogen-bond acceptors (Lipinski definition) is 5. The van der Waals surface area contributed by atoms with Crippen LogP contribution in [0.1, 0.15) is 5.76 Å². The number of nitrogens with one attached hydrogen (secondary N) is 1. The van der Waals surface area contributed by atoms with Gasteiger partial charge in [0.25, 0.3) is 5.56 Å². The maximum Gasteiger partial charge on any atom is 0.287 e. The zero-order chi connectivity index (χ0) is 14.5. The van der Waals surface area contributed by atoms with E-state index in [0.717, 1.165) is 12.3 Å². The van der Waals surface area contributed by atoms with E-state index >= 15 is 0 Å². The van der Waals surface area contributed by atoms with Gasteiger partial charge < -0.3 is 14.6 Å². The zero-order valence-electron chi connectivity index (χ0n) is 11.5. The summed E-state index contributed by atoms with van der Waals surface area (Å²) in [4.78, 5) is 14.0. The fourth-order valence-corrected chi connectivity index (χ4v) is 1.85. The molecule has 2 heterocycles. The van der Waals surface area contributed by atoms with Gasteiger partial charge >= 0.3 is 0 Å². The third-order valence-corrected chi connectivity index (χ3v) is 3.14. The van der Waals surface area contributed by atoms with Gasteiger partial charge in [0.05, 0.1) is 31.2 Å². The molecule has 0 aliphatic rings. The Kier molecular flexibility index (Phi) is 4.81. The van der Waals surface area contributed by atoms with Gasteiger partial charge in [-0.25, -0.2) is 4.68 Å². The Morgan fingerprint density at radius 1 is 1.50 bits per heavy atom. The molecule has 0 saturated heterocycles. The Morgan fingerprint density at radius 3 is 2.95 bits per heavy atom. The largest absolute Gasteiger partial charge is 0.467 e. The Hall–Kier alpha value is -1.79. The fraction of sp³-hybridized carbons (Fsp3) is 0.385. The van der Waals surface area contributed by atoms with Gasteiger partial charge in [-0.1, -0.05) is 11.6 Å². The Bertz CT molecular complexity index is 607. The van der Waals surface area contributed by atoms with E-state index in [0.29, 0.717) is 18.8 Å². The van der Waals surface area contributed by atoms with Crippen molar-refractivity contribution in [1.82, 2.24) is 14.7 Å². The minimum atomic E-state index is -0.294. The molecule has 108 valence electrons. The molecule has 0 aliphatic carbocycles. The number of nitrogens with zero attached hydrogens (tertiary/aromatic N) is 3. The molecule has 0 fully saturated rings. The number of hydrogen-bond donors (Lipinski definition) is 1. The van der Waals surface area contributed by atoms with Crippen LogP contribution in [0.15, 0.2) is 33.8 Å². The highest BCUT2D eigenvalue weighted by Gasteiger charge is 2.09. The highest BCUT2D eigenvalue weighted by Crippen LogP contribution is 2.16. The first kappa shape index (κ1) is 14.6. The summed E-state index contributed by atoms with van der Waals surface area (Å²) in [6.45, 7) is 1.68. The smallest absolute Gasteiger partial charge is 0.287 e. The van der Waals surface area contributed by atoms with Gasteiger partial charge in [-0.05, 0) is 26.2 Å². The van der Waals surface area contributed by atoms with Crippen LogP contribution in [0.25, 0.3) is 0 Å². The normalized spacial score (nSPS) is 11.0. The fourth-order valence-electron chi connectivity index (χ4n) is 1.64. The van der Waals surface area contributed by atoms with Gasteiger partial charge in [0.1, 0.15) is 10.8 Å². The third kappa shape index (κ3) is 3.61. The molecule has 0 aliphatic heterocycles. The molecular formula is C13H17ClN4O2. The van der Waals surface area contributed by atoms with Crippen molar-refractivity contribution in [2.45, 2.75) is 13.1 Å². The second-order valence-corrected chi connectivity index (χ2v) is 5.01. The van der Waals surface area contributed by atoms with Crippen LogP contribution in [0.5, 0.6) is 0 Å². The molecule has 0 aromatic carbocycles. The van der Waals surface area contributed by atoms with Crippen LogP contribution in [0.4, 0.5) is 5.69 Å². The van der Waals surface area contributed by atoms with Crippen molar-refractivity contribution in [2.75, 3.05) is 26.0 Å². The molecule has 0 unspecified atom stereocenters. The van der Waals surface area contributed by atoms with Gasteiger partial charge in [-0.2, -0.15) is 5.10 Å². The van der Waals surface area contributed by atoms with Crippen LogP contribution in [0.3, 0.4) is 0 Å². The van der Waals surface area contributed by atoms with Crippen LogP contribution in [0.2, 0.25) is 5.02 Å². The lowest BCUT2D eigenvalue weighted by Gasteiger charge is -2.12. The molecule has 20 heavy (non-hydrogen) atoms. The Labute approximate surface area is 121 Å². The monoisotopic (exact) mass is 296 g/mol. The van der Waals surface area contributed by atoms with E-state index in [1.54, 1.807) is 18.5 Å². The first-order valence-electron chi connectivity index (χ1n) is 6.24. The first-order valence-corrected chi connectivity index (χ1v) is 6.62. The van der Waals surface area contributed by atoms with Crippen molar-refractivity contribution < 1.29 is 4.42 Å². The molecule has 0 amide bonds. The van der Waals surface area contributed by atoms with E-state index in [1.807, 2.05) is 25.1 Å². The molecular weight excluding hydrogens is 280 g/mol. The van der Waals surface area contributed by atoms with Crippen LogP contribution < -0.4 is 10.9 Å². The molecule has 0 spiro atoms. The average molecular weight is 297 g/mol. The molecule has 2 aromatic rings. The summed E-state index contributed by atoms with van der Waals surface area (Å²) >= 11 is 6.07. The van der Waals surface area contributed by atoms with Crippen molar-refractivity contribution in [2.24, 2.45) is 0 Å². The predicted octanol–water partition coefficient (Wildman–Crippen LogP) is 1.66. The number of halogens is 1. The Morgan fingerprint density at radius 2 is 2.30 bits per heavy atom. The summed E-state index contributed by atoms with van der Waals surface area (Å²) in [5.74, 6) is 0.762.